The van der Waals surface area contributed by atoms with E-state index in [9.17, 15) is 9.90 Å². The molecule has 3 nitrogen and oxygen atoms in total. The van der Waals surface area contributed by atoms with E-state index in [0.717, 1.165) is 5.39 Å². The van der Waals surface area contributed by atoms with Crippen molar-refractivity contribution in [3.05, 3.63) is 42.0 Å². The van der Waals surface area contributed by atoms with Crippen molar-refractivity contribution >= 4 is 16.7 Å². The van der Waals surface area contributed by atoms with Gasteiger partial charge in [-0.2, -0.15) is 0 Å². The van der Waals surface area contributed by atoms with Crippen LogP contribution in [0, 0.1) is 0 Å². The normalized spacial score (nSPS) is 10.3. The topological polar surface area (TPSA) is 63.0 Å². The second-order valence-electron chi connectivity index (χ2n) is 3.03. The van der Waals surface area contributed by atoms with E-state index in [1.807, 2.05) is 12.1 Å². The van der Waals surface area contributed by atoms with Crippen molar-refractivity contribution in [1.29, 1.82) is 0 Å². The lowest BCUT2D eigenvalue weighted by Crippen LogP contribution is -2.10. The van der Waals surface area contributed by atoms with Crippen molar-refractivity contribution in [3.8, 4) is 5.75 Å². The number of rotatable bonds is 1. The van der Waals surface area contributed by atoms with Crippen LogP contribution in [-0.4, -0.2) is 5.91 Å². The van der Waals surface area contributed by atoms with E-state index >= 15 is 0 Å². The fourth-order valence-electron chi connectivity index (χ4n) is 1.44. The number of nitrogens with two attached hydrogens (primary N) is 1. The van der Waals surface area contributed by atoms with Gasteiger partial charge in [0, 0.05) is 5.39 Å². The molecule has 69 valence electrons. The van der Waals surface area contributed by atoms with Crippen LogP contribution in [0.1, 0.15) is 10.4 Å². The van der Waals surface area contributed by atoms with Gasteiger partial charge in [0.05, 0.1) is 5.56 Å². The summed E-state index contributed by atoms with van der Waals surface area (Å²) in [5, 5.41) is 13.0. The number of carbonyl (C=O) groups is 1. The van der Waals surface area contributed by atoms with Crippen molar-refractivity contribution in [2.45, 2.75) is 0 Å². The smallest absolute Gasteiger partial charge is 0.252 e. The van der Waals surface area contributed by atoms with E-state index in [-0.39, 0.29) is 11.3 Å². The zero-order valence-electron chi connectivity index (χ0n) is 7.36. The Hall–Kier alpha value is -2.03. The highest BCUT2D eigenvalue weighted by atomic mass is 16.3. The van der Waals surface area contributed by atoms with Crippen LogP contribution in [0.25, 0.3) is 10.8 Å². The van der Waals surface area contributed by atoms with Crippen LogP contribution < -0.4 is 5.73 Å². The Balaban J connectivity index is 2.81. The minimum Gasteiger partial charge on any atom is -0.365 e. The number of benzene rings is 2. The van der Waals surface area contributed by atoms with Gasteiger partial charge in [0.25, 0.3) is 5.91 Å². The molecule has 3 heteroatoms. The molecular weight excluding hydrogens is 178 g/mol. The molecule has 0 heterocycles. The molecule has 0 aliphatic rings. The average Bonchev–Trinajstić information content (AvgIpc) is 2.18. The number of carbonyl (C=O) groups excluding carboxylic acids is 1. The Bertz CT molecular complexity index is 506. The highest BCUT2D eigenvalue weighted by Gasteiger charge is 2.11. The SMILES string of the molecule is NC(=O)c1ccc2ccccc2c1[O]. The number of hydrogen-bond acceptors (Lipinski definition) is 1. The van der Waals surface area contributed by atoms with Gasteiger partial charge >= 0.3 is 0 Å². The summed E-state index contributed by atoms with van der Waals surface area (Å²) in [5.41, 5.74) is 5.11. The third-order valence-electron chi connectivity index (χ3n) is 2.15. The van der Waals surface area contributed by atoms with E-state index in [2.05, 4.69) is 0 Å². The van der Waals surface area contributed by atoms with Gasteiger partial charge in [0.15, 0.2) is 5.75 Å². The first-order chi connectivity index (χ1) is 6.70. The number of amides is 1. The zero-order chi connectivity index (χ0) is 10.1. The monoisotopic (exact) mass is 186 g/mol. The number of hydrogen-bond donors (Lipinski definition) is 1. The molecule has 0 aliphatic heterocycles. The van der Waals surface area contributed by atoms with Crippen LogP contribution in [0.2, 0.25) is 0 Å². The predicted octanol–water partition coefficient (Wildman–Crippen LogP) is 2.08. The first-order valence-corrected chi connectivity index (χ1v) is 4.18. The van der Waals surface area contributed by atoms with Gasteiger partial charge in [-0.25, -0.2) is 0 Å². The van der Waals surface area contributed by atoms with Crippen LogP contribution in [0.15, 0.2) is 36.4 Å². The van der Waals surface area contributed by atoms with Crippen LogP contribution in [0.5, 0.6) is 5.75 Å². The Morgan fingerprint density at radius 1 is 1.07 bits per heavy atom. The summed E-state index contributed by atoms with van der Waals surface area (Å²) in [6.07, 6.45) is 0. The molecule has 0 spiro atoms. The fraction of sp³-hybridized carbons (Fsp3) is 0. The van der Waals surface area contributed by atoms with Crippen molar-refractivity contribution in [1.82, 2.24) is 0 Å². The Morgan fingerprint density at radius 3 is 2.50 bits per heavy atom. The maximum absolute atomic E-state index is 11.7. The summed E-state index contributed by atoms with van der Waals surface area (Å²) in [4.78, 5) is 10.9. The fourth-order valence-corrected chi connectivity index (χ4v) is 1.44. The first-order valence-electron chi connectivity index (χ1n) is 4.18. The predicted molar refractivity (Wildman–Crippen MR) is 52.6 cm³/mol. The largest absolute Gasteiger partial charge is 0.365 e. The van der Waals surface area contributed by atoms with Gasteiger partial charge in [0.1, 0.15) is 0 Å². The van der Waals surface area contributed by atoms with Crippen molar-refractivity contribution in [3.63, 3.8) is 0 Å². The Morgan fingerprint density at radius 2 is 1.79 bits per heavy atom. The second-order valence-corrected chi connectivity index (χ2v) is 3.03. The van der Waals surface area contributed by atoms with Gasteiger partial charge in [-0.15, -0.1) is 0 Å². The quantitative estimate of drug-likeness (QED) is 0.728. The van der Waals surface area contributed by atoms with Gasteiger partial charge in [-0.05, 0) is 11.5 Å². The van der Waals surface area contributed by atoms with Crippen molar-refractivity contribution < 1.29 is 9.90 Å². The lowest BCUT2D eigenvalue weighted by Gasteiger charge is -2.01. The molecule has 0 bridgehead atoms. The molecule has 2 N–H and O–H groups in total. The van der Waals surface area contributed by atoms with Gasteiger partial charge in [-0.1, -0.05) is 30.3 Å². The molecule has 0 atom stereocenters. The number of primary amides is 1. The van der Waals surface area contributed by atoms with Crippen molar-refractivity contribution in [2.24, 2.45) is 5.73 Å². The highest BCUT2D eigenvalue weighted by Crippen LogP contribution is 2.28. The van der Waals surface area contributed by atoms with Gasteiger partial charge in [0.2, 0.25) is 0 Å². The maximum Gasteiger partial charge on any atom is 0.252 e. The molecule has 2 rings (SSSR count). The summed E-state index contributed by atoms with van der Waals surface area (Å²) in [6, 6.07) is 10.3. The molecule has 0 saturated carbocycles. The molecule has 0 aliphatic carbocycles. The Labute approximate surface area is 80.8 Å². The van der Waals surface area contributed by atoms with Gasteiger partial charge < -0.3 is 5.73 Å². The van der Waals surface area contributed by atoms with Crippen LogP contribution in [-0.2, 0) is 5.11 Å². The zero-order valence-corrected chi connectivity index (χ0v) is 7.36. The minimum atomic E-state index is -0.680. The summed E-state index contributed by atoms with van der Waals surface area (Å²) < 4.78 is 0. The standard InChI is InChI=1S/C11H8NO2/c12-11(14)9-6-5-7-3-1-2-4-8(7)10(9)13/h1-6H,(H2,12,14). The van der Waals surface area contributed by atoms with E-state index in [1.165, 1.54) is 6.07 Å². The lowest BCUT2D eigenvalue weighted by atomic mass is 10.1. The molecule has 0 fully saturated rings. The lowest BCUT2D eigenvalue weighted by molar-refractivity contribution is 0.0996. The molecule has 2 aromatic rings. The number of fused-ring (bicyclic) bond motifs is 1. The van der Waals surface area contributed by atoms with Gasteiger partial charge in [-0.3, -0.25) is 9.90 Å². The van der Waals surface area contributed by atoms with E-state index in [0.29, 0.717) is 5.39 Å². The van der Waals surface area contributed by atoms with E-state index < -0.39 is 5.91 Å². The van der Waals surface area contributed by atoms with Crippen LogP contribution in [0.4, 0.5) is 0 Å². The molecule has 0 aromatic heterocycles. The van der Waals surface area contributed by atoms with Crippen LogP contribution in [0.3, 0.4) is 0 Å². The maximum atomic E-state index is 11.7. The molecule has 1 radical (unpaired) electrons. The van der Waals surface area contributed by atoms with Crippen LogP contribution >= 0.6 is 0 Å². The summed E-state index contributed by atoms with van der Waals surface area (Å²) >= 11 is 0. The summed E-state index contributed by atoms with van der Waals surface area (Å²) in [7, 11) is 0. The molecule has 14 heavy (non-hydrogen) atoms. The third-order valence-corrected chi connectivity index (χ3v) is 2.15. The average molecular weight is 186 g/mol. The highest BCUT2D eigenvalue weighted by molar-refractivity contribution is 6.02. The minimum absolute atomic E-state index is 0.0451. The Kier molecular flexibility index (Phi) is 1.85. The first kappa shape index (κ1) is 8.56. The second kappa shape index (κ2) is 3.03. The third kappa shape index (κ3) is 1.19. The van der Waals surface area contributed by atoms with E-state index in [1.54, 1.807) is 18.2 Å². The molecule has 1 amide bonds. The summed E-state index contributed by atoms with van der Waals surface area (Å²) in [5.74, 6) is -0.976. The molecule has 0 saturated heterocycles. The molecule has 0 unspecified atom stereocenters. The summed E-state index contributed by atoms with van der Waals surface area (Å²) in [6.45, 7) is 0. The van der Waals surface area contributed by atoms with Crippen molar-refractivity contribution in [2.75, 3.05) is 0 Å². The van der Waals surface area contributed by atoms with E-state index in [4.69, 9.17) is 5.73 Å². The molecule has 2 aromatic carbocycles. The molecular formula is C11H8NO2.